The van der Waals surface area contributed by atoms with Gasteiger partial charge in [-0.25, -0.2) is 4.98 Å². The summed E-state index contributed by atoms with van der Waals surface area (Å²) in [5.74, 6) is 0. The summed E-state index contributed by atoms with van der Waals surface area (Å²) in [4.78, 5) is 14.4. The molecule has 0 atom stereocenters. The van der Waals surface area contributed by atoms with E-state index in [1.807, 2.05) is 30.7 Å². The van der Waals surface area contributed by atoms with Gasteiger partial charge in [0.15, 0.2) is 0 Å². The molecule has 0 saturated heterocycles. The molecule has 9 rings (SSSR count). The van der Waals surface area contributed by atoms with Crippen molar-refractivity contribution in [3.05, 3.63) is 108 Å². The van der Waals surface area contributed by atoms with Gasteiger partial charge in [0, 0.05) is 23.2 Å². The molecule has 0 unspecified atom stereocenters. The Balaban J connectivity index is 1.45. The molecular weight excluding hydrogens is 428 g/mol. The summed E-state index contributed by atoms with van der Waals surface area (Å²) in [7, 11) is 0. The molecular formula is C31H18N4. The van der Waals surface area contributed by atoms with Crippen LogP contribution >= 0.6 is 0 Å². The monoisotopic (exact) mass is 446 g/mol. The lowest BCUT2D eigenvalue weighted by Gasteiger charge is -2.13. The normalized spacial score (nSPS) is 13.5. The molecule has 7 aromatic rings. The second-order valence-corrected chi connectivity index (χ2v) is 9.66. The van der Waals surface area contributed by atoms with Crippen LogP contribution in [0, 0.1) is 0 Å². The van der Waals surface area contributed by atoms with Crippen molar-refractivity contribution in [2.24, 2.45) is 0 Å². The third-order valence-electron chi connectivity index (χ3n) is 8.00. The fraction of sp³-hybridized carbons (Fsp3) is 0.0645. The maximum atomic E-state index is 5.14. The highest BCUT2D eigenvalue weighted by Gasteiger charge is 2.30. The smallest absolute Gasteiger partial charge is 0.147 e. The molecule has 2 aliphatic rings. The fourth-order valence-corrected chi connectivity index (χ4v) is 6.55. The molecule has 162 valence electrons. The summed E-state index contributed by atoms with van der Waals surface area (Å²) in [6, 6.07) is 24.2. The Bertz CT molecular complexity index is 2070. The van der Waals surface area contributed by atoms with E-state index in [1.54, 1.807) is 0 Å². The number of hydrogen-bond donors (Lipinski definition) is 0. The van der Waals surface area contributed by atoms with E-state index in [4.69, 9.17) is 9.97 Å². The van der Waals surface area contributed by atoms with Crippen LogP contribution in [0.2, 0.25) is 0 Å². The first-order valence-corrected chi connectivity index (χ1v) is 12.0. The molecule has 0 spiro atoms. The topological polar surface area (TPSA) is 43.1 Å². The van der Waals surface area contributed by atoms with Crippen LogP contribution in [-0.4, -0.2) is 19.4 Å². The summed E-state index contributed by atoms with van der Waals surface area (Å²) in [5.41, 5.74) is 16.2. The van der Waals surface area contributed by atoms with Crippen molar-refractivity contribution in [3.63, 3.8) is 0 Å². The average Bonchev–Trinajstić information content (AvgIpc) is 3.59. The molecule has 35 heavy (non-hydrogen) atoms. The zero-order valence-electron chi connectivity index (χ0n) is 18.8. The van der Waals surface area contributed by atoms with Gasteiger partial charge in [0.05, 0.1) is 28.3 Å². The molecule has 0 N–H and O–H groups in total. The van der Waals surface area contributed by atoms with E-state index in [9.17, 15) is 0 Å². The Kier molecular flexibility index (Phi) is 3.11. The minimum atomic E-state index is 0.956. The average molecular weight is 447 g/mol. The molecule has 0 bridgehead atoms. The fourth-order valence-electron chi connectivity index (χ4n) is 6.55. The molecule has 3 aromatic carbocycles. The minimum Gasteiger partial charge on any atom is -0.289 e. The lowest BCUT2D eigenvalue weighted by Crippen LogP contribution is -1.95. The van der Waals surface area contributed by atoms with Gasteiger partial charge < -0.3 is 0 Å². The van der Waals surface area contributed by atoms with Crippen LogP contribution in [0.1, 0.15) is 22.3 Å². The first-order valence-electron chi connectivity index (χ1n) is 12.0. The van der Waals surface area contributed by atoms with Gasteiger partial charge in [-0.05, 0) is 75.5 Å². The summed E-state index contributed by atoms with van der Waals surface area (Å²) >= 11 is 0. The lowest BCUT2D eigenvalue weighted by atomic mass is 9.94. The van der Waals surface area contributed by atoms with E-state index in [0.717, 1.165) is 45.9 Å². The first kappa shape index (κ1) is 17.8. The summed E-state index contributed by atoms with van der Waals surface area (Å²) in [5, 5.41) is 2.35. The van der Waals surface area contributed by atoms with Crippen LogP contribution in [0.3, 0.4) is 0 Å². The highest BCUT2D eigenvalue weighted by Crippen LogP contribution is 2.49. The summed E-state index contributed by atoms with van der Waals surface area (Å²) in [6.07, 6.45) is 7.59. The van der Waals surface area contributed by atoms with Gasteiger partial charge >= 0.3 is 0 Å². The van der Waals surface area contributed by atoms with Crippen molar-refractivity contribution in [2.75, 3.05) is 0 Å². The zero-order valence-corrected chi connectivity index (χ0v) is 18.8. The van der Waals surface area contributed by atoms with E-state index in [0.29, 0.717) is 0 Å². The molecule has 0 radical (unpaired) electrons. The largest absolute Gasteiger partial charge is 0.289 e. The number of imidazole rings is 1. The number of pyridine rings is 3. The van der Waals surface area contributed by atoms with Crippen molar-refractivity contribution in [1.29, 1.82) is 0 Å². The van der Waals surface area contributed by atoms with Crippen LogP contribution in [-0.2, 0) is 12.8 Å². The predicted molar refractivity (Wildman–Crippen MR) is 140 cm³/mol. The van der Waals surface area contributed by atoms with Crippen molar-refractivity contribution < 1.29 is 0 Å². The van der Waals surface area contributed by atoms with Crippen molar-refractivity contribution >= 4 is 38.5 Å². The van der Waals surface area contributed by atoms with Crippen LogP contribution in [0.25, 0.3) is 60.7 Å². The van der Waals surface area contributed by atoms with Gasteiger partial charge in [-0.1, -0.05) is 48.5 Å². The van der Waals surface area contributed by atoms with Gasteiger partial charge in [-0.2, -0.15) is 0 Å². The van der Waals surface area contributed by atoms with Gasteiger partial charge in [-0.3, -0.25) is 14.4 Å². The van der Waals surface area contributed by atoms with E-state index < -0.39 is 0 Å². The number of benzene rings is 3. The number of fused-ring (bicyclic) bond motifs is 16. The molecule has 0 fully saturated rings. The molecule has 4 heterocycles. The van der Waals surface area contributed by atoms with Crippen molar-refractivity contribution in [1.82, 2.24) is 19.4 Å². The Hall–Kier alpha value is -4.57. The van der Waals surface area contributed by atoms with Crippen molar-refractivity contribution in [2.45, 2.75) is 12.8 Å². The second kappa shape index (κ2) is 6.10. The molecule has 4 aromatic heterocycles. The standard InChI is InChI=1S/C31H18N4/c1-2-5-19-17(4-1)14-23-20(19)9-10-21-24(23)15-18-7-8-22-29(28(18)21)31-34-25-11-13-32-16-27(25)35(31)26-6-3-12-33-30(22)26/h1-13,16H,14-15H2. The minimum absolute atomic E-state index is 0.956. The van der Waals surface area contributed by atoms with Gasteiger partial charge in [0.1, 0.15) is 5.65 Å². The first-order chi connectivity index (χ1) is 17.4. The van der Waals surface area contributed by atoms with E-state index in [1.165, 1.54) is 49.9 Å². The van der Waals surface area contributed by atoms with Crippen LogP contribution in [0.15, 0.2) is 85.3 Å². The predicted octanol–water partition coefficient (Wildman–Crippen LogP) is 6.73. The third-order valence-corrected chi connectivity index (χ3v) is 8.00. The van der Waals surface area contributed by atoms with E-state index >= 15 is 0 Å². The summed E-state index contributed by atoms with van der Waals surface area (Å²) in [6.45, 7) is 0. The summed E-state index contributed by atoms with van der Waals surface area (Å²) < 4.78 is 2.24. The maximum absolute atomic E-state index is 5.14. The van der Waals surface area contributed by atoms with Crippen molar-refractivity contribution in [3.8, 4) is 22.3 Å². The number of hydrogen-bond acceptors (Lipinski definition) is 3. The lowest BCUT2D eigenvalue weighted by molar-refractivity contribution is 1.16. The van der Waals surface area contributed by atoms with Gasteiger partial charge in [-0.15, -0.1) is 0 Å². The van der Waals surface area contributed by atoms with Gasteiger partial charge in [0.25, 0.3) is 0 Å². The highest BCUT2D eigenvalue weighted by atomic mass is 15.0. The van der Waals surface area contributed by atoms with E-state index in [-0.39, 0.29) is 0 Å². The van der Waals surface area contributed by atoms with Gasteiger partial charge in [0.2, 0.25) is 0 Å². The molecule has 4 nitrogen and oxygen atoms in total. The zero-order chi connectivity index (χ0) is 22.7. The Labute approximate surface area is 200 Å². The second-order valence-electron chi connectivity index (χ2n) is 9.66. The van der Waals surface area contributed by atoms with Crippen LogP contribution in [0.4, 0.5) is 0 Å². The number of rotatable bonds is 0. The highest BCUT2D eigenvalue weighted by molar-refractivity contribution is 6.18. The Morgan fingerprint density at radius 3 is 2.57 bits per heavy atom. The molecule has 0 aliphatic heterocycles. The Morgan fingerprint density at radius 2 is 1.57 bits per heavy atom. The van der Waals surface area contributed by atoms with Crippen LogP contribution in [0.5, 0.6) is 0 Å². The Morgan fingerprint density at radius 1 is 0.686 bits per heavy atom. The number of nitrogens with zero attached hydrogens (tertiary/aromatic N) is 4. The molecule has 0 amide bonds. The molecule has 2 aliphatic carbocycles. The SMILES string of the molecule is c1ccc2c(c1)Cc1c-2ccc2c1Cc1ccc3c4ncccc4n4c5cnccc5nc4c3c1-2. The third kappa shape index (κ3) is 2.11. The molecule has 4 heteroatoms. The van der Waals surface area contributed by atoms with Crippen LogP contribution < -0.4 is 0 Å². The maximum Gasteiger partial charge on any atom is 0.147 e. The quantitative estimate of drug-likeness (QED) is 0.243. The van der Waals surface area contributed by atoms with E-state index in [2.05, 4.69) is 64.0 Å². The molecule has 0 saturated carbocycles. The number of aromatic nitrogens is 4.